The van der Waals surface area contributed by atoms with Crippen LogP contribution in [0.25, 0.3) is 17.0 Å². The Morgan fingerprint density at radius 1 is 1.14 bits per heavy atom. The molecular weight excluding hydrogens is 352 g/mol. The van der Waals surface area contributed by atoms with Gasteiger partial charge in [0, 0.05) is 26.7 Å². The van der Waals surface area contributed by atoms with E-state index < -0.39 is 0 Å². The molecule has 2 aromatic heterocycles. The summed E-state index contributed by atoms with van der Waals surface area (Å²) >= 11 is 0. The molecule has 0 fully saturated rings. The Bertz CT molecular complexity index is 844. The second kappa shape index (κ2) is 11.2. The van der Waals surface area contributed by atoms with Crippen LogP contribution in [-0.4, -0.2) is 52.9 Å². The normalized spacial score (nSPS) is 10.2. The monoisotopic (exact) mass is 386 g/mol. The van der Waals surface area contributed by atoms with Crippen molar-refractivity contribution in [3.63, 3.8) is 0 Å². The number of hydrogen-bond acceptors (Lipinski definition) is 6. The van der Waals surface area contributed by atoms with Gasteiger partial charge in [-0.05, 0) is 26.0 Å². The van der Waals surface area contributed by atoms with Crippen LogP contribution in [0.15, 0.2) is 36.7 Å². The van der Waals surface area contributed by atoms with Crippen molar-refractivity contribution >= 4 is 22.7 Å². The van der Waals surface area contributed by atoms with Gasteiger partial charge >= 0.3 is 0 Å². The molecule has 0 unspecified atom stereocenters. The summed E-state index contributed by atoms with van der Waals surface area (Å²) in [6.07, 6.45) is 1.97. The lowest BCUT2D eigenvalue weighted by molar-refractivity contribution is 0.0870. The number of fused-ring (bicyclic) bond motifs is 1. The number of anilines is 2. The Hall–Kier alpha value is -2.67. The highest BCUT2D eigenvalue weighted by Crippen LogP contribution is 2.20. The largest absolute Gasteiger partial charge is 0.377 e. The van der Waals surface area contributed by atoms with Crippen molar-refractivity contribution in [2.24, 2.45) is 0 Å². The quantitative estimate of drug-likeness (QED) is 0.608. The van der Waals surface area contributed by atoms with Crippen LogP contribution in [0.2, 0.25) is 0 Å². The van der Waals surface area contributed by atoms with Crippen LogP contribution in [0.4, 0.5) is 11.6 Å². The van der Waals surface area contributed by atoms with Crippen LogP contribution >= 0.6 is 0 Å². The fourth-order valence-corrected chi connectivity index (χ4v) is 2.44. The van der Waals surface area contributed by atoms with Gasteiger partial charge in [-0.15, -0.1) is 0 Å². The summed E-state index contributed by atoms with van der Waals surface area (Å²) in [4.78, 5) is 15.7. The van der Waals surface area contributed by atoms with Gasteiger partial charge in [0.15, 0.2) is 0 Å². The van der Waals surface area contributed by atoms with Gasteiger partial charge in [0.05, 0.1) is 23.7 Å². The first-order valence-electron chi connectivity index (χ1n) is 9.39. The first-order valence-corrected chi connectivity index (χ1v) is 9.39. The van der Waals surface area contributed by atoms with Crippen molar-refractivity contribution in [1.29, 1.82) is 0 Å². The molecule has 3 rings (SSSR count). The van der Waals surface area contributed by atoms with Gasteiger partial charge in [-0.1, -0.05) is 33.4 Å². The lowest BCUT2D eigenvalue weighted by Crippen LogP contribution is -2.17. The Morgan fingerprint density at radius 2 is 1.86 bits per heavy atom. The number of imidazole rings is 1. The minimum atomic E-state index is 0. The minimum Gasteiger partial charge on any atom is -0.377 e. The van der Waals surface area contributed by atoms with Crippen LogP contribution in [-0.2, 0) is 4.74 Å². The molecule has 1 N–H and O–H groups in total. The molecule has 0 radical (unpaired) electrons. The standard InChI is InChI=1S/C18H24N6O.C2H6.CH4/c1-13(2)25-10-9-19-16-11-17(23(3)4)22-18(21-16)24-12-20-14-7-5-6-8-15(14)24;1-2;/h5-8,11-13H,9-10H2,1-4H3,(H,19,21,22);1-2H3;1H4. The molecule has 28 heavy (non-hydrogen) atoms. The zero-order chi connectivity index (χ0) is 19.8. The van der Waals surface area contributed by atoms with Gasteiger partial charge in [0.2, 0.25) is 5.95 Å². The average molecular weight is 387 g/mol. The fourth-order valence-electron chi connectivity index (χ4n) is 2.44. The Morgan fingerprint density at radius 3 is 2.54 bits per heavy atom. The summed E-state index contributed by atoms with van der Waals surface area (Å²) in [5.41, 5.74) is 1.90. The van der Waals surface area contributed by atoms with Crippen LogP contribution in [0.1, 0.15) is 35.1 Å². The van der Waals surface area contributed by atoms with Crippen molar-refractivity contribution in [1.82, 2.24) is 19.5 Å². The summed E-state index contributed by atoms with van der Waals surface area (Å²) in [6.45, 7) is 9.36. The summed E-state index contributed by atoms with van der Waals surface area (Å²) in [5, 5.41) is 3.31. The first-order chi connectivity index (χ1) is 13.0. The first kappa shape index (κ1) is 23.4. The maximum atomic E-state index is 5.57. The zero-order valence-electron chi connectivity index (χ0n) is 17.1. The predicted molar refractivity (Wildman–Crippen MR) is 119 cm³/mol. The zero-order valence-corrected chi connectivity index (χ0v) is 17.1. The molecule has 0 amide bonds. The maximum absolute atomic E-state index is 5.57. The van der Waals surface area contributed by atoms with E-state index in [4.69, 9.17) is 4.74 Å². The number of rotatable bonds is 7. The molecule has 7 nitrogen and oxygen atoms in total. The summed E-state index contributed by atoms with van der Waals surface area (Å²) in [6, 6.07) is 9.87. The highest BCUT2D eigenvalue weighted by molar-refractivity contribution is 5.76. The number of nitrogens with one attached hydrogen (secondary N) is 1. The summed E-state index contributed by atoms with van der Waals surface area (Å²) in [7, 11) is 3.92. The second-order valence-electron chi connectivity index (χ2n) is 6.26. The Labute approximate surface area is 168 Å². The minimum absolute atomic E-state index is 0. The second-order valence-corrected chi connectivity index (χ2v) is 6.26. The number of para-hydroxylation sites is 2. The van der Waals surface area contributed by atoms with Gasteiger partial charge in [0.1, 0.15) is 18.0 Å². The highest BCUT2D eigenvalue weighted by atomic mass is 16.5. The van der Waals surface area contributed by atoms with E-state index in [9.17, 15) is 0 Å². The van der Waals surface area contributed by atoms with Gasteiger partial charge in [-0.3, -0.25) is 4.57 Å². The lowest BCUT2D eigenvalue weighted by atomic mass is 10.3. The number of aromatic nitrogens is 4. The van der Waals surface area contributed by atoms with E-state index in [2.05, 4.69) is 20.3 Å². The van der Waals surface area contributed by atoms with Crippen molar-refractivity contribution in [2.75, 3.05) is 37.5 Å². The molecule has 154 valence electrons. The molecule has 1 aromatic carbocycles. The topological polar surface area (TPSA) is 68.1 Å². The van der Waals surface area contributed by atoms with Gasteiger partial charge in [0.25, 0.3) is 0 Å². The molecule has 3 aromatic rings. The molecule has 0 atom stereocenters. The third-order valence-corrected chi connectivity index (χ3v) is 3.69. The van der Waals surface area contributed by atoms with Crippen molar-refractivity contribution in [2.45, 2.75) is 41.2 Å². The number of ether oxygens (including phenoxy) is 1. The third-order valence-electron chi connectivity index (χ3n) is 3.69. The molecule has 0 saturated carbocycles. The molecule has 0 bridgehead atoms. The summed E-state index contributed by atoms with van der Waals surface area (Å²) < 4.78 is 7.47. The number of hydrogen-bond donors (Lipinski definition) is 1. The van der Waals surface area contributed by atoms with E-state index in [-0.39, 0.29) is 13.5 Å². The van der Waals surface area contributed by atoms with Crippen LogP contribution in [0.3, 0.4) is 0 Å². The molecule has 0 spiro atoms. The summed E-state index contributed by atoms with van der Waals surface area (Å²) in [5.74, 6) is 2.18. The molecule has 0 aliphatic carbocycles. The Kier molecular flexibility index (Phi) is 9.38. The molecule has 0 aliphatic heterocycles. The van der Waals surface area contributed by atoms with Gasteiger partial charge in [-0.25, -0.2) is 4.98 Å². The molecule has 0 saturated heterocycles. The smallest absolute Gasteiger partial charge is 0.239 e. The van der Waals surface area contributed by atoms with Gasteiger partial charge in [-0.2, -0.15) is 9.97 Å². The Balaban J connectivity index is 0.00000127. The fraction of sp³-hybridized carbons (Fsp3) is 0.476. The van der Waals surface area contributed by atoms with Crippen molar-refractivity contribution in [3.05, 3.63) is 36.7 Å². The van der Waals surface area contributed by atoms with Crippen LogP contribution in [0.5, 0.6) is 0 Å². The number of benzene rings is 1. The van der Waals surface area contributed by atoms with E-state index >= 15 is 0 Å². The van der Waals surface area contributed by atoms with Gasteiger partial charge < -0.3 is 15.0 Å². The van der Waals surface area contributed by atoms with E-state index in [0.29, 0.717) is 19.1 Å². The third kappa shape index (κ3) is 5.92. The SMILES string of the molecule is C.CC.CC(C)OCCNc1cc(N(C)C)nc(-n2cnc3ccccc32)n1. The van der Waals surface area contributed by atoms with Crippen LogP contribution < -0.4 is 10.2 Å². The highest BCUT2D eigenvalue weighted by Gasteiger charge is 2.11. The molecule has 7 heteroatoms. The number of nitrogens with zero attached hydrogens (tertiary/aromatic N) is 5. The van der Waals surface area contributed by atoms with E-state index in [1.807, 2.05) is 81.6 Å². The van der Waals surface area contributed by atoms with Crippen molar-refractivity contribution in [3.8, 4) is 5.95 Å². The van der Waals surface area contributed by atoms with E-state index in [0.717, 1.165) is 22.7 Å². The molecule has 2 heterocycles. The van der Waals surface area contributed by atoms with E-state index in [1.165, 1.54) is 0 Å². The lowest BCUT2D eigenvalue weighted by Gasteiger charge is -2.15. The predicted octanol–water partition coefficient (Wildman–Crippen LogP) is 4.38. The van der Waals surface area contributed by atoms with Crippen LogP contribution in [0, 0.1) is 0 Å². The maximum Gasteiger partial charge on any atom is 0.239 e. The van der Waals surface area contributed by atoms with Crippen molar-refractivity contribution < 1.29 is 4.74 Å². The molecular formula is C21H34N6O. The average Bonchev–Trinajstić information content (AvgIpc) is 3.10. The van der Waals surface area contributed by atoms with E-state index in [1.54, 1.807) is 6.33 Å². The molecule has 0 aliphatic rings.